The van der Waals surface area contributed by atoms with Crippen molar-refractivity contribution in [1.29, 1.82) is 0 Å². The van der Waals surface area contributed by atoms with E-state index in [9.17, 15) is 14.4 Å². The molecule has 0 N–H and O–H groups in total. The van der Waals surface area contributed by atoms with E-state index in [4.69, 9.17) is 4.74 Å². The molecule has 3 rings (SSSR count). The summed E-state index contributed by atoms with van der Waals surface area (Å²) >= 11 is 0. The molecule has 1 fully saturated rings. The average molecular weight is 425 g/mol. The molecule has 31 heavy (non-hydrogen) atoms. The van der Waals surface area contributed by atoms with E-state index in [2.05, 4.69) is 9.97 Å². The third kappa shape index (κ3) is 6.34. The maximum atomic E-state index is 13.0. The van der Waals surface area contributed by atoms with Crippen LogP contribution in [0.5, 0.6) is 0 Å². The molecule has 1 saturated heterocycles. The molecule has 1 aromatic carbocycles. The Labute approximate surface area is 182 Å². The molecule has 1 aliphatic rings. The van der Waals surface area contributed by atoms with Gasteiger partial charge in [0.2, 0.25) is 5.91 Å². The van der Waals surface area contributed by atoms with Gasteiger partial charge in [-0.15, -0.1) is 0 Å². The van der Waals surface area contributed by atoms with E-state index in [-0.39, 0.29) is 42.4 Å². The van der Waals surface area contributed by atoms with Crippen molar-refractivity contribution in [2.45, 2.75) is 32.7 Å². The summed E-state index contributed by atoms with van der Waals surface area (Å²) in [6.45, 7) is 3.72. The summed E-state index contributed by atoms with van der Waals surface area (Å²) < 4.78 is 5.11. The number of carbonyl (C=O) groups is 3. The van der Waals surface area contributed by atoms with Crippen LogP contribution in [0.25, 0.3) is 0 Å². The Morgan fingerprint density at radius 2 is 2.00 bits per heavy atom. The van der Waals surface area contributed by atoms with Gasteiger partial charge in [0.1, 0.15) is 5.69 Å². The number of rotatable bonds is 8. The number of benzene rings is 1. The first kappa shape index (κ1) is 22.4. The van der Waals surface area contributed by atoms with Gasteiger partial charge in [0.05, 0.1) is 18.7 Å². The molecule has 0 bridgehead atoms. The standard InChI is InChI=1S/C23H28N4O4/c1-2-31-23(30)19-9-6-13-26(17-19)21(28)10-14-27(16-18-7-4-3-5-8-18)22(29)20-15-24-11-12-25-20/h3-5,7-8,11-12,15,19H,2,6,9-10,13-14,16-17H2,1H3/t19-/m1/s1. The van der Waals surface area contributed by atoms with Gasteiger partial charge in [0, 0.05) is 45.0 Å². The topological polar surface area (TPSA) is 92.7 Å². The molecule has 1 aromatic heterocycles. The summed E-state index contributed by atoms with van der Waals surface area (Å²) in [7, 11) is 0. The highest BCUT2D eigenvalue weighted by atomic mass is 16.5. The summed E-state index contributed by atoms with van der Waals surface area (Å²) in [5, 5.41) is 0. The van der Waals surface area contributed by atoms with Gasteiger partial charge < -0.3 is 14.5 Å². The molecular formula is C23H28N4O4. The third-order valence-electron chi connectivity index (χ3n) is 5.28. The minimum Gasteiger partial charge on any atom is -0.466 e. The number of esters is 1. The van der Waals surface area contributed by atoms with Crippen molar-refractivity contribution in [3.05, 3.63) is 60.2 Å². The van der Waals surface area contributed by atoms with Gasteiger partial charge in [0.25, 0.3) is 5.91 Å². The lowest BCUT2D eigenvalue weighted by molar-refractivity contribution is -0.151. The highest BCUT2D eigenvalue weighted by molar-refractivity contribution is 5.92. The summed E-state index contributed by atoms with van der Waals surface area (Å²) in [6, 6.07) is 9.61. The molecule has 0 radical (unpaired) electrons. The second kappa shape index (κ2) is 11.2. The van der Waals surface area contributed by atoms with Crippen molar-refractivity contribution < 1.29 is 19.1 Å². The van der Waals surface area contributed by atoms with Crippen LogP contribution < -0.4 is 0 Å². The van der Waals surface area contributed by atoms with Gasteiger partial charge in [-0.3, -0.25) is 19.4 Å². The summed E-state index contributed by atoms with van der Waals surface area (Å²) in [6.07, 6.45) is 6.08. The number of hydrogen-bond donors (Lipinski definition) is 0. The molecule has 1 aliphatic heterocycles. The zero-order valence-corrected chi connectivity index (χ0v) is 17.8. The summed E-state index contributed by atoms with van der Waals surface area (Å²) in [4.78, 5) is 49.3. The minimum absolute atomic E-state index is 0.0704. The lowest BCUT2D eigenvalue weighted by atomic mass is 9.98. The Morgan fingerprint density at radius 1 is 1.19 bits per heavy atom. The van der Waals surface area contributed by atoms with E-state index in [1.54, 1.807) is 16.7 Å². The molecule has 0 spiro atoms. The predicted molar refractivity (Wildman–Crippen MR) is 114 cm³/mol. The first-order chi connectivity index (χ1) is 15.1. The van der Waals surface area contributed by atoms with Crippen LogP contribution in [0.15, 0.2) is 48.9 Å². The zero-order valence-electron chi connectivity index (χ0n) is 17.8. The Hall–Kier alpha value is -3.29. The number of aromatic nitrogens is 2. The van der Waals surface area contributed by atoms with Crippen LogP contribution in [0.4, 0.5) is 0 Å². The van der Waals surface area contributed by atoms with Crippen molar-refractivity contribution >= 4 is 17.8 Å². The van der Waals surface area contributed by atoms with Gasteiger partial charge in [-0.25, -0.2) is 4.98 Å². The van der Waals surface area contributed by atoms with Crippen LogP contribution in [-0.2, 0) is 20.9 Å². The van der Waals surface area contributed by atoms with Crippen LogP contribution in [0.2, 0.25) is 0 Å². The predicted octanol–water partition coefficient (Wildman–Crippen LogP) is 2.31. The van der Waals surface area contributed by atoms with E-state index in [1.807, 2.05) is 30.3 Å². The van der Waals surface area contributed by atoms with E-state index in [1.165, 1.54) is 18.6 Å². The zero-order chi connectivity index (χ0) is 22.1. The lowest BCUT2D eigenvalue weighted by Gasteiger charge is -2.32. The van der Waals surface area contributed by atoms with Gasteiger partial charge in [-0.1, -0.05) is 30.3 Å². The van der Waals surface area contributed by atoms with Crippen molar-refractivity contribution in [3.63, 3.8) is 0 Å². The smallest absolute Gasteiger partial charge is 0.310 e. The fraction of sp³-hybridized carbons (Fsp3) is 0.435. The maximum absolute atomic E-state index is 13.0. The monoisotopic (exact) mass is 424 g/mol. The van der Waals surface area contributed by atoms with Crippen LogP contribution in [-0.4, -0.2) is 63.8 Å². The average Bonchev–Trinajstić information content (AvgIpc) is 2.82. The molecule has 2 aromatic rings. The molecule has 8 nitrogen and oxygen atoms in total. The van der Waals surface area contributed by atoms with Crippen LogP contribution in [0.3, 0.4) is 0 Å². The minimum atomic E-state index is -0.278. The van der Waals surface area contributed by atoms with Gasteiger partial charge >= 0.3 is 5.97 Å². The molecule has 2 amide bonds. The number of nitrogens with zero attached hydrogens (tertiary/aromatic N) is 4. The normalized spacial score (nSPS) is 15.9. The highest BCUT2D eigenvalue weighted by Crippen LogP contribution is 2.19. The first-order valence-electron chi connectivity index (χ1n) is 10.6. The highest BCUT2D eigenvalue weighted by Gasteiger charge is 2.29. The van der Waals surface area contributed by atoms with E-state index >= 15 is 0 Å². The lowest BCUT2D eigenvalue weighted by Crippen LogP contribution is -2.44. The van der Waals surface area contributed by atoms with E-state index in [0.29, 0.717) is 26.2 Å². The summed E-state index contributed by atoms with van der Waals surface area (Å²) in [5.74, 6) is -0.866. The van der Waals surface area contributed by atoms with Gasteiger partial charge in [0.15, 0.2) is 0 Å². The van der Waals surface area contributed by atoms with Crippen molar-refractivity contribution in [3.8, 4) is 0 Å². The van der Waals surface area contributed by atoms with Crippen molar-refractivity contribution in [1.82, 2.24) is 19.8 Å². The largest absolute Gasteiger partial charge is 0.466 e. The Balaban J connectivity index is 1.64. The molecule has 164 valence electrons. The van der Waals surface area contributed by atoms with Gasteiger partial charge in [-0.2, -0.15) is 0 Å². The van der Waals surface area contributed by atoms with Crippen LogP contribution >= 0.6 is 0 Å². The number of hydrogen-bond acceptors (Lipinski definition) is 6. The number of carbonyl (C=O) groups excluding carboxylic acids is 3. The van der Waals surface area contributed by atoms with E-state index < -0.39 is 0 Å². The molecular weight excluding hydrogens is 396 g/mol. The van der Waals surface area contributed by atoms with E-state index in [0.717, 1.165) is 18.4 Å². The Morgan fingerprint density at radius 3 is 2.71 bits per heavy atom. The van der Waals surface area contributed by atoms with Gasteiger partial charge in [-0.05, 0) is 25.3 Å². The second-order valence-corrected chi connectivity index (χ2v) is 7.48. The van der Waals surface area contributed by atoms with Crippen molar-refractivity contribution in [2.75, 3.05) is 26.2 Å². The van der Waals surface area contributed by atoms with Crippen LogP contribution in [0.1, 0.15) is 42.2 Å². The fourth-order valence-electron chi connectivity index (χ4n) is 3.67. The molecule has 0 aliphatic carbocycles. The number of amides is 2. The summed E-state index contributed by atoms with van der Waals surface area (Å²) in [5.41, 5.74) is 1.21. The van der Waals surface area contributed by atoms with Crippen molar-refractivity contribution in [2.24, 2.45) is 5.92 Å². The fourth-order valence-corrected chi connectivity index (χ4v) is 3.67. The first-order valence-corrected chi connectivity index (χ1v) is 10.6. The maximum Gasteiger partial charge on any atom is 0.310 e. The SMILES string of the molecule is CCOC(=O)[C@@H]1CCCN(C(=O)CCN(Cc2ccccc2)C(=O)c2cnccn2)C1. The quantitative estimate of drug-likeness (QED) is 0.604. The molecule has 0 unspecified atom stereocenters. The van der Waals surface area contributed by atoms with Crippen LogP contribution in [0, 0.1) is 5.92 Å². The molecule has 1 atom stereocenters. The second-order valence-electron chi connectivity index (χ2n) is 7.48. The molecule has 8 heteroatoms. The molecule has 0 saturated carbocycles. The number of piperidine rings is 1. The third-order valence-corrected chi connectivity index (χ3v) is 5.28. The number of likely N-dealkylation sites (tertiary alicyclic amines) is 1. The molecule has 2 heterocycles. The Kier molecular flexibility index (Phi) is 8.09. The number of ether oxygens (including phenoxy) is 1. The Bertz CT molecular complexity index is 876.